The van der Waals surface area contributed by atoms with E-state index in [1.807, 2.05) is 0 Å². The quantitative estimate of drug-likeness (QED) is 0.751. The van der Waals surface area contributed by atoms with Crippen molar-refractivity contribution in [2.24, 2.45) is 5.73 Å². The zero-order chi connectivity index (χ0) is 9.42. The normalized spacial score (nSPS) is 21.6. The third kappa shape index (κ3) is 1.36. The van der Waals surface area contributed by atoms with E-state index in [9.17, 15) is 0 Å². The lowest BCUT2D eigenvalue weighted by atomic mass is 10.1. The first-order chi connectivity index (χ1) is 6.24. The van der Waals surface area contributed by atoms with Gasteiger partial charge in [0.15, 0.2) is 5.15 Å². The molecule has 1 aromatic heterocycles. The van der Waals surface area contributed by atoms with Crippen LogP contribution >= 0.6 is 11.6 Å². The SMILES string of the molecule is CCc1nc(Cl)c2n1C(N)CCC2. The van der Waals surface area contributed by atoms with Crippen LogP contribution in [0.3, 0.4) is 0 Å². The van der Waals surface area contributed by atoms with Gasteiger partial charge >= 0.3 is 0 Å². The van der Waals surface area contributed by atoms with Crippen LogP contribution in [0.1, 0.15) is 37.4 Å². The molecule has 0 spiro atoms. The highest BCUT2D eigenvalue weighted by molar-refractivity contribution is 6.30. The molecule has 1 atom stereocenters. The Bertz CT molecular complexity index is 319. The van der Waals surface area contributed by atoms with Gasteiger partial charge in [0.2, 0.25) is 0 Å². The summed E-state index contributed by atoms with van der Waals surface area (Å²) in [6.45, 7) is 2.08. The fourth-order valence-electron chi connectivity index (χ4n) is 1.96. The summed E-state index contributed by atoms with van der Waals surface area (Å²) in [6.07, 6.45) is 4.15. The Morgan fingerprint density at radius 1 is 1.69 bits per heavy atom. The highest BCUT2D eigenvalue weighted by atomic mass is 35.5. The van der Waals surface area contributed by atoms with Crippen molar-refractivity contribution < 1.29 is 0 Å². The summed E-state index contributed by atoms with van der Waals surface area (Å²) in [6, 6.07) is 0. The zero-order valence-electron chi connectivity index (χ0n) is 7.76. The van der Waals surface area contributed by atoms with E-state index in [-0.39, 0.29) is 6.17 Å². The molecule has 0 amide bonds. The molecule has 1 aromatic rings. The molecule has 0 aromatic carbocycles. The molecule has 0 radical (unpaired) electrons. The molecule has 1 aliphatic rings. The van der Waals surface area contributed by atoms with Crippen LogP contribution in [0.15, 0.2) is 0 Å². The predicted molar refractivity (Wildman–Crippen MR) is 52.8 cm³/mol. The van der Waals surface area contributed by atoms with Gasteiger partial charge in [0, 0.05) is 6.42 Å². The van der Waals surface area contributed by atoms with Crippen molar-refractivity contribution in [2.45, 2.75) is 38.8 Å². The van der Waals surface area contributed by atoms with Crippen molar-refractivity contribution in [3.05, 3.63) is 16.7 Å². The van der Waals surface area contributed by atoms with Gasteiger partial charge in [-0.15, -0.1) is 0 Å². The maximum Gasteiger partial charge on any atom is 0.150 e. The third-order valence-corrected chi connectivity index (χ3v) is 2.90. The van der Waals surface area contributed by atoms with Gasteiger partial charge in [0.1, 0.15) is 5.82 Å². The molecule has 72 valence electrons. The number of hydrogen-bond acceptors (Lipinski definition) is 2. The Labute approximate surface area is 82.9 Å². The van der Waals surface area contributed by atoms with Gasteiger partial charge in [0.25, 0.3) is 0 Å². The lowest BCUT2D eigenvalue weighted by molar-refractivity contribution is 0.402. The molecule has 2 rings (SSSR count). The van der Waals surface area contributed by atoms with Gasteiger partial charge in [0.05, 0.1) is 11.9 Å². The van der Waals surface area contributed by atoms with Crippen molar-refractivity contribution in [3.63, 3.8) is 0 Å². The number of nitrogens with zero attached hydrogens (tertiary/aromatic N) is 2. The zero-order valence-corrected chi connectivity index (χ0v) is 8.51. The Morgan fingerprint density at radius 3 is 3.15 bits per heavy atom. The van der Waals surface area contributed by atoms with E-state index in [0.29, 0.717) is 5.15 Å². The molecular formula is C9H14ClN3. The van der Waals surface area contributed by atoms with Gasteiger partial charge in [-0.25, -0.2) is 4.98 Å². The molecule has 2 heterocycles. The molecule has 3 nitrogen and oxygen atoms in total. The van der Waals surface area contributed by atoms with E-state index in [0.717, 1.165) is 37.2 Å². The average molecular weight is 200 g/mol. The number of aryl methyl sites for hydroxylation is 1. The van der Waals surface area contributed by atoms with Gasteiger partial charge < -0.3 is 10.3 Å². The van der Waals surface area contributed by atoms with Crippen molar-refractivity contribution >= 4 is 11.6 Å². The van der Waals surface area contributed by atoms with Crippen LogP contribution in [-0.4, -0.2) is 9.55 Å². The van der Waals surface area contributed by atoms with E-state index >= 15 is 0 Å². The fourth-order valence-corrected chi connectivity index (χ4v) is 2.24. The van der Waals surface area contributed by atoms with E-state index < -0.39 is 0 Å². The number of nitrogens with two attached hydrogens (primary N) is 1. The highest BCUT2D eigenvalue weighted by Gasteiger charge is 2.22. The summed E-state index contributed by atoms with van der Waals surface area (Å²) in [5.41, 5.74) is 7.12. The monoisotopic (exact) mass is 199 g/mol. The van der Waals surface area contributed by atoms with E-state index in [1.54, 1.807) is 0 Å². The van der Waals surface area contributed by atoms with E-state index in [4.69, 9.17) is 17.3 Å². The van der Waals surface area contributed by atoms with Gasteiger partial charge in [-0.05, 0) is 19.3 Å². The second kappa shape index (κ2) is 3.31. The summed E-state index contributed by atoms with van der Waals surface area (Å²) < 4.78 is 2.10. The van der Waals surface area contributed by atoms with Crippen LogP contribution in [0.25, 0.3) is 0 Å². The third-order valence-electron chi connectivity index (χ3n) is 2.60. The van der Waals surface area contributed by atoms with Crippen LogP contribution < -0.4 is 5.73 Å². The molecule has 1 unspecified atom stereocenters. The number of fused-ring (bicyclic) bond motifs is 1. The summed E-state index contributed by atoms with van der Waals surface area (Å²) in [7, 11) is 0. The second-order valence-electron chi connectivity index (χ2n) is 3.45. The summed E-state index contributed by atoms with van der Waals surface area (Å²) in [5, 5.41) is 0.645. The van der Waals surface area contributed by atoms with Crippen LogP contribution in [0.2, 0.25) is 5.15 Å². The van der Waals surface area contributed by atoms with Gasteiger partial charge in [-0.3, -0.25) is 0 Å². The molecule has 0 fully saturated rings. The van der Waals surface area contributed by atoms with Crippen molar-refractivity contribution in [1.29, 1.82) is 0 Å². The summed E-state index contributed by atoms with van der Waals surface area (Å²) in [5.74, 6) is 1.02. The maximum absolute atomic E-state index is 6.02. The molecule has 0 aliphatic carbocycles. The number of imidazole rings is 1. The van der Waals surface area contributed by atoms with Crippen molar-refractivity contribution in [1.82, 2.24) is 9.55 Å². The minimum atomic E-state index is 0.0821. The molecule has 4 heteroatoms. The van der Waals surface area contributed by atoms with Crippen molar-refractivity contribution in [3.8, 4) is 0 Å². The van der Waals surface area contributed by atoms with Crippen LogP contribution in [0.5, 0.6) is 0 Å². The van der Waals surface area contributed by atoms with E-state index in [1.165, 1.54) is 0 Å². The van der Waals surface area contributed by atoms with Crippen LogP contribution in [0.4, 0.5) is 0 Å². The summed E-state index contributed by atoms with van der Waals surface area (Å²) in [4.78, 5) is 4.31. The first-order valence-corrected chi connectivity index (χ1v) is 5.13. The molecular weight excluding hydrogens is 186 g/mol. The molecule has 1 aliphatic heterocycles. The second-order valence-corrected chi connectivity index (χ2v) is 3.81. The summed E-state index contributed by atoms with van der Waals surface area (Å²) >= 11 is 6.02. The first kappa shape index (κ1) is 9.03. The minimum Gasteiger partial charge on any atom is -0.315 e. The standard InChI is InChI=1S/C9H14ClN3/c1-2-8-12-9(10)6-4-3-5-7(11)13(6)8/h7H,2-5,11H2,1H3. The topological polar surface area (TPSA) is 43.8 Å². The van der Waals surface area contributed by atoms with Gasteiger partial charge in [-0.2, -0.15) is 0 Å². The Hall–Kier alpha value is -0.540. The largest absolute Gasteiger partial charge is 0.315 e. The molecule has 2 N–H and O–H groups in total. The lowest BCUT2D eigenvalue weighted by Gasteiger charge is -2.23. The Kier molecular flexibility index (Phi) is 2.30. The smallest absolute Gasteiger partial charge is 0.150 e. The molecule has 13 heavy (non-hydrogen) atoms. The number of halogens is 1. The predicted octanol–water partition coefficient (Wildman–Crippen LogP) is 1.89. The number of rotatable bonds is 1. The Morgan fingerprint density at radius 2 is 2.46 bits per heavy atom. The maximum atomic E-state index is 6.02. The average Bonchev–Trinajstić information content (AvgIpc) is 2.45. The fraction of sp³-hybridized carbons (Fsp3) is 0.667. The van der Waals surface area contributed by atoms with Gasteiger partial charge in [-0.1, -0.05) is 18.5 Å². The van der Waals surface area contributed by atoms with Crippen LogP contribution in [-0.2, 0) is 12.8 Å². The minimum absolute atomic E-state index is 0.0821. The number of aromatic nitrogens is 2. The first-order valence-electron chi connectivity index (χ1n) is 4.75. The molecule has 0 saturated heterocycles. The lowest BCUT2D eigenvalue weighted by Crippen LogP contribution is -2.26. The van der Waals surface area contributed by atoms with E-state index in [2.05, 4.69) is 16.5 Å². The Balaban J connectivity index is 2.52. The molecule has 0 saturated carbocycles. The van der Waals surface area contributed by atoms with Crippen LogP contribution in [0, 0.1) is 0 Å². The molecule has 0 bridgehead atoms. The number of hydrogen-bond donors (Lipinski definition) is 1. The highest BCUT2D eigenvalue weighted by Crippen LogP contribution is 2.28. The van der Waals surface area contributed by atoms with Crippen molar-refractivity contribution in [2.75, 3.05) is 0 Å².